The van der Waals surface area contributed by atoms with Crippen LogP contribution in [0.1, 0.15) is 56.2 Å². The largest absolute Gasteiger partial charge is 0.329 e. The number of nitrogens with zero attached hydrogens (tertiary/aromatic N) is 1. The van der Waals surface area contributed by atoms with Crippen LogP contribution in [-0.2, 0) is 0 Å². The zero-order chi connectivity index (χ0) is 13.0. The summed E-state index contributed by atoms with van der Waals surface area (Å²) in [6.07, 6.45) is 3.84. The maximum absolute atomic E-state index is 5.97. The molecule has 0 aliphatic carbocycles. The molecule has 1 aliphatic rings. The Morgan fingerprint density at radius 2 is 1.67 bits per heavy atom. The maximum atomic E-state index is 5.97. The average molecular weight is 246 g/mol. The Morgan fingerprint density at radius 1 is 1.11 bits per heavy atom. The highest BCUT2D eigenvalue weighted by molar-refractivity contribution is 5.27. The molecule has 2 unspecified atom stereocenters. The van der Waals surface area contributed by atoms with Crippen molar-refractivity contribution < 1.29 is 0 Å². The van der Waals surface area contributed by atoms with Gasteiger partial charge < -0.3 is 5.73 Å². The predicted octanol–water partition coefficient (Wildman–Crippen LogP) is 3.30. The van der Waals surface area contributed by atoms with Crippen molar-refractivity contribution in [2.24, 2.45) is 5.73 Å². The van der Waals surface area contributed by atoms with Crippen molar-refractivity contribution in [3.63, 3.8) is 0 Å². The molecule has 2 heteroatoms. The first-order chi connectivity index (χ1) is 8.76. The second-order valence-electron chi connectivity index (χ2n) is 5.47. The summed E-state index contributed by atoms with van der Waals surface area (Å²) in [5.41, 5.74) is 8.79. The first-order valence-corrected chi connectivity index (χ1v) is 7.30. The molecule has 2 N–H and O–H groups in total. The van der Waals surface area contributed by atoms with Gasteiger partial charge in [0.25, 0.3) is 0 Å². The zero-order valence-corrected chi connectivity index (χ0v) is 11.7. The van der Waals surface area contributed by atoms with E-state index in [0.717, 1.165) is 6.54 Å². The molecule has 2 rings (SSSR count). The van der Waals surface area contributed by atoms with Gasteiger partial charge in [-0.3, -0.25) is 4.90 Å². The van der Waals surface area contributed by atoms with Crippen molar-refractivity contribution in [2.75, 3.05) is 19.6 Å². The second kappa shape index (κ2) is 6.35. The quantitative estimate of drug-likeness (QED) is 0.863. The third-order valence-corrected chi connectivity index (χ3v) is 4.31. The number of likely N-dealkylation sites (tertiary alicyclic amines) is 1. The normalized spacial score (nSPS) is 19.9. The molecule has 1 saturated heterocycles. The van der Waals surface area contributed by atoms with Gasteiger partial charge in [-0.1, -0.05) is 38.1 Å². The van der Waals surface area contributed by atoms with Crippen molar-refractivity contribution in [3.05, 3.63) is 35.4 Å². The Labute approximate surface area is 111 Å². The van der Waals surface area contributed by atoms with Crippen molar-refractivity contribution in [1.29, 1.82) is 0 Å². The second-order valence-corrected chi connectivity index (χ2v) is 5.47. The average Bonchev–Trinajstić information content (AvgIpc) is 2.93. The molecule has 1 fully saturated rings. The van der Waals surface area contributed by atoms with Gasteiger partial charge in [-0.15, -0.1) is 0 Å². The highest BCUT2D eigenvalue weighted by Crippen LogP contribution is 2.26. The molecule has 0 radical (unpaired) electrons. The molecule has 0 saturated carbocycles. The fraction of sp³-hybridized carbons (Fsp3) is 0.625. The lowest BCUT2D eigenvalue weighted by Crippen LogP contribution is -2.31. The third-order valence-electron chi connectivity index (χ3n) is 4.31. The Morgan fingerprint density at radius 3 is 2.17 bits per heavy atom. The first-order valence-electron chi connectivity index (χ1n) is 7.30. The number of hydrogen-bond donors (Lipinski definition) is 1. The molecule has 0 aromatic heterocycles. The minimum atomic E-state index is 0.415. The van der Waals surface area contributed by atoms with Gasteiger partial charge in [0.1, 0.15) is 0 Å². The first kappa shape index (κ1) is 13.6. The monoisotopic (exact) mass is 246 g/mol. The Hall–Kier alpha value is -0.860. The Balaban J connectivity index is 2.11. The molecule has 2 atom stereocenters. The molecular formula is C16H26N2. The van der Waals surface area contributed by atoms with Crippen LogP contribution >= 0.6 is 0 Å². The van der Waals surface area contributed by atoms with Gasteiger partial charge >= 0.3 is 0 Å². The van der Waals surface area contributed by atoms with Crippen LogP contribution in [0.25, 0.3) is 0 Å². The van der Waals surface area contributed by atoms with Gasteiger partial charge in [0.05, 0.1) is 0 Å². The molecule has 1 heterocycles. The van der Waals surface area contributed by atoms with E-state index in [2.05, 4.69) is 43.0 Å². The molecule has 0 bridgehead atoms. The number of nitrogens with two attached hydrogens (primary N) is 1. The van der Waals surface area contributed by atoms with Gasteiger partial charge in [-0.25, -0.2) is 0 Å². The Bertz CT molecular complexity index is 352. The van der Waals surface area contributed by atoms with E-state index in [-0.39, 0.29) is 0 Å². The lowest BCUT2D eigenvalue weighted by atomic mass is 9.95. The maximum Gasteiger partial charge on any atom is 0.0470 e. The summed E-state index contributed by atoms with van der Waals surface area (Å²) in [6, 6.07) is 9.53. The fourth-order valence-corrected chi connectivity index (χ4v) is 2.83. The zero-order valence-electron chi connectivity index (χ0n) is 11.7. The van der Waals surface area contributed by atoms with E-state index >= 15 is 0 Å². The standard InChI is InChI=1S/C16H26N2/c1-3-13(2)14-6-8-15(9-7-14)16(12-17)18-10-4-5-11-18/h6-9,13,16H,3-5,10-12,17H2,1-2H3. The Kier molecular flexibility index (Phi) is 4.79. The van der Waals surface area contributed by atoms with Crippen LogP contribution < -0.4 is 5.73 Å². The summed E-state index contributed by atoms with van der Waals surface area (Å²) in [4.78, 5) is 2.53. The van der Waals surface area contributed by atoms with Gasteiger partial charge in [-0.2, -0.15) is 0 Å². The van der Waals surface area contributed by atoms with E-state index in [4.69, 9.17) is 5.73 Å². The van der Waals surface area contributed by atoms with Gasteiger partial charge in [0.15, 0.2) is 0 Å². The van der Waals surface area contributed by atoms with E-state index in [0.29, 0.717) is 12.0 Å². The lowest BCUT2D eigenvalue weighted by Gasteiger charge is -2.27. The van der Waals surface area contributed by atoms with Crippen molar-refractivity contribution in [1.82, 2.24) is 4.90 Å². The summed E-state index contributed by atoms with van der Waals surface area (Å²) in [6.45, 7) is 7.66. The molecule has 1 aliphatic heterocycles. The van der Waals surface area contributed by atoms with Crippen molar-refractivity contribution >= 4 is 0 Å². The van der Waals surface area contributed by atoms with Gasteiger partial charge in [0, 0.05) is 12.6 Å². The summed E-state index contributed by atoms with van der Waals surface area (Å²) >= 11 is 0. The van der Waals surface area contributed by atoms with Crippen LogP contribution in [0.2, 0.25) is 0 Å². The SMILES string of the molecule is CCC(C)c1ccc(C(CN)N2CCCC2)cc1. The number of hydrogen-bond acceptors (Lipinski definition) is 2. The molecule has 1 aromatic rings. The summed E-state index contributed by atoms with van der Waals surface area (Å²) in [5.74, 6) is 0.655. The molecule has 2 nitrogen and oxygen atoms in total. The van der Waals surface area contributed by atoms with E-state index in [1.165, 1.54) is 43.5 Å². The van der Waals surface area contributed by atoms with Gasteiger partial charge in [0.2, 0.25) is 0 Å². The minimum Gasteiger partial charge on any atom is -0.329 e. The number of benzene rings is 1. The van der Waals surface area contributed by atoms with Crippen LogP contribution in [0.4, 0.5) is 0 Å². The summed E-state index contributed by atoms with van der Waals surface area (Å²) in [5, 5.41) is 0. The molecule has 18 heavy (non-hydrogen) atoms. The van der Waals surface area contributed by atoms with E-state index in [1.54, 1.807) is 0 Å². The molecular weight excluding hydrogens is 220 g/mol. The van der Waals surface area contributed by atoms with Crippen LogP contribution in [0, 0.1) is 0 Å². The van der Waals surface area contributed by atoms with Crippen molar-refractivity contribution in [2.45, 2.75) is 45.1 Å². The van der Waals surface area contributed by atoms with Crippen LogP contribution in [0.3, 0.4) is 0 Å². The van der Waals surface area contributed by atoms with Crippen molar-refractivity contribution in [3.8, 4) is 0 Å². The van der Waals surface area contributed by atoms with E-state index in [9.17, 15) is 0 Å². The van der Waals surface area contributed by atoms with Crippen LogP contribution in [0.5, 0.6) is 0 Å². The highest BCUT2D eigenvalue weighted by Gasteiger charge is 2.22. The minimum absolute atomic E-state index is 0.415. The van der Waals surface area contributed by atoms with E-state index in [1.807, 2.05) is 0 Å². The van der Waals surface area contributed by atoms with E-state index < -0.39 is 0 Å². The van der Waals surface area contributed by atoms with Crippen LogP contribution in [0.15, 0.2) is 24.3 Å². The van der Waals surface area contributed by atoms with Gasteiger partial charge in [-0.05, 0) is 49.4 Å². The fourth-order valence-electron chi connectivity index (χ4n) is 2.83. The number of rotatable bonds is 5. The third kappa shape index (κ3) is 2.93. The smallest absolute Gasteiger partial charge is 0.0470 e. The summed E-state index contributed by atoms with van der Waals surface area (Å²) < 4.78 is 0. The highest BCUT2D eigenvalue weighted by atomic mass is 15.2. The molecule has 1 aromatic carbocycles. The predicted molar refractivity (Wildman–Crippen MR) is 77.8 cm³/mol. The lowest BCUT2D eigenvalue weighted by molar-refractivity contribution is 0.251. The molecule has 0 amide bonds. The summed E-state index contributed by atoms with van der Waals surface area (Å²) in [7, 11) is 0. The molecule has 0 spiro atoms. The van der Waals surface area contributed by atoms with Crippen LogP contribution in [-0.4, -0.2) is 24.5 Å². The topological polar surface area (TPSA) is 29.3 Å². The molecule has 100 valence electrons.